The van der Waals surface area contributed by atoms with Crippen LogP contribution in [0.1, 0.15) is 47.3 Å². The van der Waals surface area contributed by atoms with Gasteiger partial charge in [0, 0.05) is 5.56 Å². The third-order valence-corrected chi connectivity index (χ3v) is 4.04. The molecule has 2 aromatic rings. The molecular formula is C17H18N2O3. The minimum atomic E-state index is -0.789. The van der Waals surface area contributed by atoms with E-state index < -0.39 is 6.10 Å². The lowest BCUT2D eigenvalue weighted by molar-refractivity contribution is -0.148. The summed E-state index contributed by atoms with van der Waals surface area (Å²) in [5.41, 5.74) is 2.44. The van der Waals surface area contributed by atoms with Gasteiger partial charge < -0.3 is 4.74 Å². The molecule has 1 N–H and O–H groups in total. The van der Waals surface area contributed by atoms with Gasteiger partial charge in [0.25, 0.3) is 0 Å². The van der Waals surface area contributed by atoms with Crippen LogP contribution in [0.5, 0.6) is 0 Å². The van der Waals surface area contributed by atoms with Crippen LogP contribution < -0.4 is 0 Å². The van der Waals surface area contributed by atoms with Crippen molar-refractivity contribution in [1.82, 2.24) is 10.2 Å². The van der Waals surface area contributed by atoms with Gasteiger partial charge in [-0.05, 0) is 31.7 Å². The zero-order valence-electron chi connectivity index (χ0n) is 12.4. The summed E-state index contributed by atoms with van der Waals surface area (Å²) in [6.07, 6.45) is 3.54. The minimum absolute atomic E-state index is 0.186. The first kappa shape index (κ1) is 14.5. The molecule has 0 fully saturated rings. The number of nitrogens with one attached hydrogen (secondary N) is 1. The number of hydrogen-bond donors (Lipinski definition) is 1. The van der Waals surface area contributed by atoms with Gasteiger partial charge in [-0.25, -0.2) is 0 Å². The highest BCUT2D eigenvalue weighted by molar-refractivity contribution is 6.00. The molecule has 2 atom stereocenters. The first-order valence-corrected chi connectivity index (χ1v) is 7.48. The molecule has 22 heavy (non-hydrogen) atoms. The number of rotatable bonds is 4. The number of ketones is 1. The number of hydrogen-bond acceptors (Lipinski definition) is 4. The predicted octanol–water partition coefficient (Wildman–Crippen LogP) is 2.64. The average Bonchev–Trinajstić information content (AvgIpc) is 3.03. The van der Waals surface area contributed by atoms with E-state index in [9.17, 15) is 9.59 Å². The zero-order chi connectivity index (χ0) is 15.5. The van der Waals surface area contributed by atoms with Crippen LogP contribution in [0.25, 0.3) is 0 Å². The summed E-state index contributed by atoms with van der Waals surface area (Å²) >= 11 is 0. The molecule has 1 heterocycles. The normalized spacial score (nSPS) is 18.3. The Morgan fingerprint density at radius 1 is 1.32 bits per heavy atom. The van der Waals surface area contributed by atoms with Crippen LogP contribution in [0.4, 0.5) is 0 Å². The van der Waals surface area contributed by atoms with Crippen LogP contribution in [-0.2, 0) is 16.0 Å². The van der Waals surface area contributed by atoms with Crippen molar-refractivity contribution in [2.45, 2.75) is 38.2 Å². The van der Waals surface area contributed by atoms with Crippen molar-refractivity contribution < 1.29 is 14.3 Å². The van der Waals surface area contributed by atoms with E-state index in [1.54, 1.807) is 37.4 Å². The number of nitrogens with zero attached hydrogens (tertiary/aromatic N) is 1. The number of H-pyrrole nitrogens is 1. The molecule has 0 aliphatic heterocycles. The van der Waals surface area contributed by atoms with E-state index in [-0.39, 0.29) is 17.7 Å². The fraction of sp³-hybridized carbons (Fsp3) is 0.353. The fourth-order valence-corrected chi connectivity index (χ4v) is 2.85. The lowest BCUT2D eigenvalue weighted by atomic mass is 9.88. The van der Waals surface area contributed by atoms with Crippen molar-refractivity contribution in [3.63, 3.8) is 0 Å². The maximum Gasteiger partial charge on any atom is 0.315 e. The van der Waals surface area contributed by atoms with Crippen molar-refractivity contribution >= 4 is 11.8 Å². The molecule has 3 rings (SSSR count). The maximum atomic E-state index is 12.4. The highest BCUT2D eigenvalue weighted by atomic mass is 16.5. The number of aromatic nitrogens is 2. The summed E-state index contributed by atoms with van der Waals surface area (Å²) < 4.78 is 5.40. The topological polar surface area (TPSA) is 72.0 Å². The quantitative estimate of drug-likeness (QED) is 0.695. The standard InChI is InChI=1S/C17H18N2O3/c1-11(16(20)12-6-3-2-4-7-12)22-17(21)14-9-5-8-13-10-18-19-15(13)14/h2-4,6-7,10-11,14H,5,8-9H2,1H3,(H,18,19)/t11-,14-/m1/s1. The Kier molecular flexibility index (Phi) is 4.04. The summed E-state index contributed by atoms with van der Waals surface area (Å²) in [6, 6.07) is 8.87. The molecule has 1 aliphatic carbocycles. The summed E-state index contributed by atoms with van der Waals surface area (Å²) in [6.45, 7) is 1.62. The Balaban J connectivity index is 1.69. The van der Waals surface area contributed by atoms with Gasteiger partial charge in [0.2, 0.25) is 5.78 Å². The Morgan fingerprint density at radius 2 is 2.09 bits per heavy atom. The molecule has 1 aromatic heterocycles. The maximum absolute atomic E-state index is 12.4. The molecule has 0 unspecified atom stereocenters. The molecule has 0 amide bonds. The second kappa shape index (κ2) is 6.13. The van der Waals surface area contributed by atoms with E-state index in [4.69, 9.17) is 4.74 Å². The van der Waals surface area contributed by atoms with Crippen LogP contribution in [0.15, 0.2) is 36.5 Å². The Bertz CT molecular complexity index is 678. The number of aryl methyl sites for hydroxylation is 1. The molecule has 0 spiro atoms. The fourth-order valence-electron chi connectivity index (χ4n) is 2.85. The van der Waals surface area contributed by atoms with E-state index in [0.717, 1.165) is 30.5 Å². The van der Waals surface area contributed by atoms with Crippen LogP contribution in [0, 0.1) is 0 Å². The smallest absolute Gasteiger partial charge is 0.315 e. The van der Waals surface area contributed by atoms with Gasteiger partial charge in [-0.3, -0.25) is 14.7 Å². The first-order chi connectivity index (χ1) is 10.7. The molecule has 114 valence electrons. The third kappa shape index (κ3) is 2.79. The number of ether oxygens (including phenoxy) is 1. The Hall–Kier alpha value is -2.43. The highest BCUT2D eigenvalue weighted by Crippen LogP contribution is 2.31. The lowest BCUT2D eigenvalue weighted by Crippen LogP contribution is -2.29. The van der Waals surface area contributed by atoms with Gasteiger partial charge in [0.1, 0.15) is 0 Å². The second-order valence-electron chi connectivity index (χ2n) is 5.56. The molecule has 0 saturated heterocycles. The van der Waals surface area contributed by atoms with Gasteiger partial charge in [-0.15, -0.1) is 0 Å². The van der Waals surface area contributed by atoms with Crippen molar-refractivity contribution in [3.05, 3.63) is 53.3 Å². The van der Waals surface area contributed by atoms with Crippen LogP contribution in [0.3, 0.4) is 0 Å². The molecule has 5 nitrogen and oxygen atoms in total. The molecule has 0 saturated carbocycles. The number of Topliss-reactive ketones (excluding diaryl/α,β-unsaturated/α-hetero) is 1. The molecule has 5 heteroatoms. The van der Waals surface area contributed by atoms with Crippen molar-refractivity contribution in [2.75, 3.05) is 0 Å². The van der Waals surface area contributed by atoms with Crippen molar-refractivity contribution in [1.29, 1.82) is 0 Å². The number of benzene rings is 1. The van der Waals surface area contributed by atoms with Crippen LogP contribution >= 0.6 is 0 Å². The SMILES string of the molecule is C[C@@H](OC(=O)[C@@H]1CCCc2cn[nH]c21)C(=O)c1ccccc1. The van der Waals surface area contributed by atoms with Crippen LogP contribution in [-0.4, -0.2) is 28.1 Å². The monoisotopic (exact) mass is 298 g/mol. The zero-order valence-corrected chi connectivity index (χ0v) is 12.4. The highest BCUT2D eigenvalue weighted by Gasteiger charge is 2.31. The first-order valence-electron chi connectivity index (χ1n) is 7.48. The summed E-state index contributed by atoms with van der Waals surface area (Å²) in [7, 11) is 0. The summed E-state index contributed by atoms with van der Waals surface area (Å²) in [5, 5.41) is 6.89. The van der Waals surface area contributed by atoms with Crippen molar-refractivity contribution in [3.8, 4) is 0 Å². The number of fused-ring (bicyclic) bond motifs is 1. The molecule has 1 aromatic carbocycles. The average molecular weight is 298 g/mol. The number of carbonyl (C=O) groups excluding carboxylic acids is 2. The van der Waals surface area contributed by atoms with Gasteiger partial charge in [0.05, 0.1) is 17.8 Å². The minimum Gasteiger partial charge on any atom is -0.454 e. The number of aromatic amines is 1. The number of esters is 1. The Morgan fingerprint density at radius 3 is 2.86 bits per heavy atom. The summed E-state index contributed by atoms with van der Waals surface area (Å²) in [4.78, 5) is 24.6. The van der Waals surface area contributed by atoms with Gasteiger partial charge in [0.15, 0.2) is 6.10 Å². The third-order valence-electron chi connectivity index (χ3n) is 4.04. The van der Waals surface area contributed by atoms with Crippen LogP contribution in [0.2, 0.25) is 0 Å². The molecule has 1 aliphatic rings. The van der Waals surface area contributed by atoms with Gasteiger partial charge in [-0.1, -0.05) is 30.3 Å². The van der Waals surface area contributed by atoms with Gasteiger partial charge >= 0.3 is 5.97 Å². The van der Waals surface area contributed by atoms with E-state index in [2.05, 4.69) is 10.2 Å². The second-order valence-corrected chi connectivity index (χ2v) is 5.56. The number of carbonyl (C=O) groups is 2. The van der Waals surface area contributed by atoms with E-state index in [1.807, 2.05) is 6.07 Å². The largest absolute Gasteiger partial charge is 0.454 e. The van der Waals surface area contributed by atoms with E-state index in [0.29, 0.717) is 5.56 Å². The molecule has 0 radical (unpaired) electrons. The van der Waals surface area contributed by atoms with Gasteiger partial charge in [-0.2, -0.15) is 5.10 Å². The predicted molar refractivity (Wildman–Crippen MR) is 80.6 cm³/mol. The van der Waals surface area contributed by atoms with E-state index >= 15 is 0 Å². The Labute approximate surface area is 128 Å². The van der Waals surface area contributed by atoms with Crippen molar-refractivity contribution in [2.24, 2.45) is 0 Å². The lowest BCUT2D eigenvalue weighted by Gasteiger charge is -2.22. The molecular weight excluding hydrogens is 280 g/mol. The molecule has 0 bridgehead atoms. The summed E-state index contributed by atoms with van der Waals surface area (Å²) in [5.74, 6) is -0.895. The van der Waals surface area contributed by atoms with E-state index in [1.165, 1.54) is 0 Å².